The number of aryl methyl sites for hydroxylation is 5. The second kappa shape index (κ2) is 6.38. The number of nitrogens with zero attached hydrogens (tertiary/aromatic N) is 2. The van der Waals surface area contributed by atoms with Gasteiger partial charge in [-0.3, -0.25) is 0 Å². The van der Waals surface area contributed by atoms with E-state index in [0.29, 0.717) is 0 Å². The Morgan fingerprint density at radius 1 is 0.815 bits per heavy atom. The number of hydrogen-bond acceptors (Lipinski definition) is 0. The molecule has 0 radical (unpaired) electrons. The van der Waals surface area contributed by atoms with Crippen LogP contribution in [0.5, 0.6) is 0 Å². The summed E-state index contributed by atoms with van der Waals surface area (Å²) in [4.78, 5) is 0. The van der Waals surface area contributed by atoms with Crippen LogP contribution in [0.25, 0.3) is 33.4 Å². The van der Waals surface area contributed by atoms with Gasteiger partial charge >= 0.3 is 0 Å². The summed E-state index contributed by atoms with van der Waals surface area (Å²) in [6.45, 7) is 8.84. The quantitative estimate of drug-likeness (QED) is 0.416. The first-order valence-electron chi connectivity index (χ1n) is 9.51. The standard InChI is InChI=1S/C25H27N2/c1-16-14-17(2)24(26(5)15-16)21-11-9-12-22(18(21)3)25-19(4)20-10-7-8-13-23(20)27(25)6/h7-15H,1-6H3/q+1. The molecule has 0 spiro atoms. The average Bonchev–Trinajstić information content (AvgIpc) is 2.87. The fourth-order valence-corrected chi connectivity index (χ4v) is 4.61. The zero-order valence-corrected chi connectivity index (χ0v) is 17.1. The number of para-hydroxylation sites is 1. The van der Waals surface area contributed by atoms with Crippen molar-refractivity contribution >= 4 is 10.9 Å². The molecule has 0 saturated carbocycles. The largest absolute Gasteiger partial charge is 0.343 e. The smallest absolute Gasteiger partial charge is 0.215 e. The maximum atomic E-state index is 2.33. The molecule has 2 nitrogen and oxygen atoms in total. The van der Waals surface area contributed by atoms with Gasteiger partial charge in [0.05, 0.1) is 5.69 Å². The second-order valence-electron chi connectivity index (χ2n) is 7.69. The molecule has 0 saturated heterocycles. The molecule has 0 unspecified atom stereocenters. The summed E-state index contributed by atoms with van der Waals surface area (Å²) in [5.74, 6) is 0. The van der Waals surface area contributed by atoms with Crippen molar-refractivity contribution in [3.05, 3.63) is 77.0 Å². The molecule has 136 valence electrons. The first-order valence-corrected chi connectivity index (χ1v) is 9.51. The van der Waals surface area contributed by atoms with Gasteiger partial charge in [-0.15, -0.1) is 0 Å². The topological polar surface area (TPSA) is 8.81 Å². The lowest BCUT2D eigenvalue weighted by molar-refractivity contribution is -0.661. The van der Waals surface area contributed by atoms with Crippen molar-refractivity contribution in [3.63, 3.8) is 0 Å². The van der Waals surface area contributed by atoms with Crippen LogP contribution >= 0.6 is 0 Å². The van der Waals surface area contributed by atoms with Gasteiger partial charge in [0, 0.05) is 40.2 Å². The summed E-state index contributed by atoms with van der Waals surface area (Å²) >= 11 is 0. The van der Waals surface area contributed by atoms with Gasteiger partial charge < -0.3 is 4.57 Å². The van der Waals surface area contributed by atoms with Crippen LogP contribution in [-0.4, -0.2) is 4.57 Å². The third kappa shape index (κ3) is 2.68. The van der Waals surface area contributed by atoms with Gasteiger partial charge in [0.2, 0.25) is 5.69 Å². The Morgan fingerprint density at radius 3 is 2.22 bits per heavy atom. The van der Waals surface area contributed by atoms with Crippen molar-refractivity contribution in [2.24, 2.45) is 14.1 Å². The SMILES string of the molecule is Cc1cc(C)c(-c2cccc(-c3c(C)c4ccccc4n3C)c2C)[n+](C)c1. The first kappa shape index (κ1) is 17.5. The molecule has 0 atom stereocenters. The lowest BCUT2D eigenvalue weighted by Gasteiger charge is -2.14. The predicted octanol–water partition coefficient (Wildman–Crippen LogP) is 5.57. The highest BCUT2D eigenvalue weighted by molar-refractivity contribution is 5.92. The molecule has 0 amide bonds. The Balaban J connectivity index is 2.01. The van der Waals surface area contributed by atoms with E-state index in [1.165, 1.54) is 55.7 Å². The van der Waals surface area contributed by atoms with Gasteiger partial charge in [-0.1, -0.05) is 30.3 Å². The van der Waals surface area contributed by atoms with E-state index in [-0.39, 0.29) is 0 Å². The molecule has 0 aliphatic heterocycles. The van der Waals surface area contributed by atoms with Crippen molar-refractivity contribution in [1.29, 1.82) is 0 Å². The molecule has 0 fully saturated rings. The maximum Gasteiger partial charge on any atom is 0.215 e. The summed E-state index contributed by atoms with van der Waals surface area (Å²) in [6, 6.07) is 17.6. The summed E-state index contributed by atoms with van der Waals surface area (Å²) in [6.07, 6.45) is 2.20. The first-order chi connectivity index (χ1) is 12.9. The van der Waals surface area contributed by atoms with E-state index in [2.05, 4.69) is 106 Å². The minimum atomic E-state index is 1.28. The van der Waals surface area contributed by atoms with E-state index in [1.807, 2.05) is 0 Å². The van der Waals surface area contributed by atoms with Crippen LogP contribution in [-0.2, 0) is 14.1 Å². The molecule has 2 aromatic heterocycles. The number of rotatable bonds is 2. The third-order valence-electron chi connectivity index (χ3n) is 5.77. The molecule has 0 aliphatic rings. The van der Waals surface area contributed by atoms with E-state index in [9.17, 15) is 0 Å². The van der Waals surface area contributed by atoms with Gasteiger partial charge in [0.1, 0.15) is 7.05 Å². The van der Waals surface area contributed by atoms with E-state index in [1.54, 1.807) is 0 Å². The van der Waals surface area contributed by atoms with E-state index < -0.39 is 0 Å². The van der Waals surface area contributed by atoms with Crippen LogP contribution in [0.3, 0.4) is 0 Å². The fourth-order valence-electron chi connectivity index (χ4n) is 4.61. The van der Waals surface area contributed by atoms with E-state index in [0.717, 1.165) is 0 Å². The van der Waals surface area contributed by atoms with Crippen LogP contribution in [0.15, 0.2) is 54.7 Å². The van der Waals surface area contributed by atoms with Crippen LogP contribution in [0, 0.1) is 27.7 Å². The van der Waals surface area contributed by atoms with E-state index in [4.69, 9.17) is 0 Å². The minimum absolute atomic E-state index is 1.28. The molecule has 4 aromatic rings. The average molecular weight is 356 g/mol. The van der Waals surface area contributed by atoms with Gasteiger partial charge in [-0.2, -0.15) is 0 Å². The number of benzene rings is 2. The summed E-state index contributed by atoms with van der Waals surface area (Å²) < 4.78 is 4.59. The molecular weight excluding hydrogens is 328 g/mol. The van der Waals surface area contributed by atoms with Gasteiger partial charge in [0.15, 0.2) is 6.20 Å². The predicted molar refractivity (Wildman–Crippen MR) is 114 cm³/mol. The van der Waals surface area contributed by atoms with Gasteiger partial charge in [-0.05, 0) is 57.0 Å². The summed E-state index contributed by atoms with van der Waals surface area (Å²) in [5.41, 5.74) is 11.8. The molecule has 4 rings (SSSR count). The Kier molecular flexibility index (Phi) is 4.15. The second-order valence-corrected chi connectivity index (χ2v) is 7.69. The lowest BCUT2D eigenvalue weighted by atomic mass is 9.94. The van der Waals surface area contributed by atoms with Crippen LogP contribution in [0.4, 0.5) is 0 Å². The van der Waals surface area contributed by atoms with Crippen molar-refractivity contribution in [1.82, 2.24) is 4.57 Å². The lowest BCUT2D eigenvalue weighted by Crippen LogP contribution is -2.32. The highest BCUT2D eigenvalue weighted by Gasteiger charge is 2.21. The van der Waals surface area contributed by atoms with Crippen LogP contribution < -0.4 is 4.57 Å². The van der Waals surface area contributed by atoms with Crippen LogP contribution in [0.2, 0.25) is 0 Å². The van der Waals surface area contributed by atoms with E-state index >= 15 is 0 Å². The van der Waals surface area contributed by atoms with Gasteiger partial charge in [-0.25, -0.2) is 4.57 Å². The number of hydrogen-bond donors (Lipinski definition) is 0. The molecular formula is C25H27N2+. The molecule has 2 aromatic carbocycles. The summed E-state index contributed by atoms with van der Waals surface area (Å²) in [7, 11) is 4.32. The van der Waals surface area contributed by atoms with Crippen molar-refractivity contribution in [3.8, 4) is 22.5 Å². The fraction of sp³-hybridized carbons (Fsp3) is 0.240. The molecule has 0 bridgehead atoms. The van der Waals surface area contributed by atoms with Crippen molar-refractivity contribution in [2.45, 2.75) is 27.7 Å². The normalized spacial score (nSPS) is 11.3. The zero-order chi connectivity index (χ0) is 19.3. The molecule has 0 aliphatic carbocycles. The highest BCUT2D eigenvalue weighted by atomic mass is 15.0. The van der Waals surface area contributed by atoms with Crippen molar-refractivity contribution < 1.29 is 4.57 Å². The highest BCUT2D eigenvalue weighted by Crippen LogP contribution is 2.37. The molecule has 2 heterocycles. The Labute approximate surface area is 161 Å². The minimum Gasteiger partial charge on any atom is -0.343 e. The Morgan fingerprint density at radius 2 is 1.52 bits per heavy atom. The Bertz CT molecular complexity index is 1120. The number of aromatic nitrogens is 2. The summed E-state index contributed by atoms with van der Waals surface area (Å²) in [5, 5.41) is 1.33. The monoisotopic (exact) mass is 355 g/mol. The molecule has 2 heteroatoms. The zero-order valence-electron chi connectivity index (χ0n) is 17.1. The number of fused-ring (bicyclic) bond motifs is 1. The molecule has 0 N–H and O–H groups in total. The number of pyridine rings is 1. The Hall–Kier alpha value is -2.87. The van der Waals surface area contributed by atoms with Crippen molar-refractivity contribution in [2.75, 3.05) is 0 Å². The molecule has 27 heavy (non-hydrogen) atoms. The van der Waals surface area contributed by atoms with Crippen LogP contribution in [0.1, 0.15) is 22.3 Å². The maximum absolute atomic E-state index is 2.33. The van der Waals surface area contributed by atoms with Gasteiger partial charge in [0.25, 0.3) is 0 Å². The third-order valence-corrected chi connectivity index (χ3v) is 5.77.